The van der Waals surface area contributed by atoms with Gasteiger partial charge in [0.25, 0.3) is 7.11 Å². The minimum absolute atomic E-state index is 0.412. The molecule has 2 aliphatic rings. The lowest BCUT2D eigenvalue weighted by atomic mass is 9.72. The molecular formula is C24H23O+. The molecule has 2 aromatic rings. The van der Waals surface area contributed by atoms with Crippen molar-refractivity contribution in [3.05, 3.63) is 99.7 Å². The Bertz CT molecular complexity index is 909. The van der Waals surface area contributed by atoms with E-state index in [1.807, 2.05) is 0 Å². The number of benzene rings is 2. The van der Waals surface area contributed by atoms with E-state index < -0.39 is 0 Å². The van der Waals surface area contributed by atoms with E-state index in [1.54, 1.807) is 7.11 Å². The van der Waals surface area contributed by atoms with Crippen molar-refractivity contribution in [1.82, 2.24) is 0 Å². The molecule has 0 heterocycles. The van der Waals surface area contributed by atoms with Crippen LogP contribution in [0, 0.1) is 0 Å². The third-order valence-corrected chi connectivity index (χ3v) is 5.39. The van der Waals surface area contributed by atoms with Crippen molar-refractivity contribution < 1.29 is 4.42 Å². The Morgan fingerprint density at radius 2 is 1.20 bits per heavy atom. The van der Waals surface area contributed by atoms with Gasteiger partial charge in [-0.15, -0.1) is 0 Å². The van der Waals surface area contributed by atoms with Crippen molar-refractivity contribution in [2.45, 2.75) is 26.7 Å². The zero-order chi connectivity index (χ0) is 17.6. The fourth-order valence-electron chi connectivity index (χ4n) is 4.22. The molecule has 0 spiro atoms. The molecule has 0 aliphatic heterocycles. The molecule has 0 unspecified atom stereocenters. The minimum atomic E-state index is 0.412. The van der Waals surface area contributed by atoms with Gasteiger partial charge in [-0.05, 0) is 58.4 Å². The summed E-state index contributed by atoms with van der Waals surface area (Å²) in [6.07, 6.45) is 4.27. The SMILES string of the molecule is C[O+]=C1C=C(C)C(=C2c3ccccc3C(C)c3ccccc32)C(C)=C1. The highest BCUT2D eigenvalue weighted by Crippen LogP contribution is 2.46. The molecule has 1 nitrogen and oxygen atoms in total. The molecule has 0 amide bonds. The van der Waals surface area contributed by atoms with Gasteiger partial charge in [-0.25, -0.2) is 0 Å². The molecule has 25 heavy (non-hydrogen) atoms. The molecule has 0 saturated heterocycles. The Balaban J connectivity index is 2.10. The lowest BCUT2D eigenvalue weighted by molar-refractivity contribution is -0.417. The van der Waals surface area contributed by atoms with Crippen LogP contribution in [0.25, 0.3) is 5.57 Å². The molecule has 1 heteroatoms. The molecule has 2 aromatic carbocycles. The summed E-state index contributed by atoms with van der Waals surface area (Å²) in [6.45, 7) is 6.67. The van der Waals surface area contributed by atoms with Crippen LogP contribution in [0.2, 0.25) is 0 Å². The quantitative estimate of drug-likeness (QED) is 0.558. The first-order chi connectivity index (χ1) is 12.1. The summed E-state index contributed by atoms with van der Waals surface area (Å²) >= 11 is 0. The number of hydrogen-bond acceptors (Lipinski definition) is 0. The summed E-state index contributed by atoms with van der Waals surface area (Å²) < 4.78 is 5.46. The van der Waals surface area contributed by atoms with Crippen molar-refractivity contribution in [2.24, 2.45) is 0 Å². The predicted molar refractivity (Wildman–Crippen MR) is 105 cm³/mol. The van der Waals surface area contributed by atoms with Gasteiger partial charge in [-0.2, -0.15) is 0 Å². The van der Waals surface area contributed by atoms with Gasteiger partial charge in [-0.3, -0.25) is 4.42 Å². The Hall–Kier alpha value is -2.67. The summed E-state index contributed by atoms with van der Waals surface area (Å²) in [5.41, 5.74) is 10.7. The second-order valence-corrected chi connectivity index (χ2v) is 6.91. The van der Waals surface area contributed by atoms with E-state index in [9.17, 15) is 0 Å². The van der Waals surface area contributed by atoms with Crippen LogP contribution in [0.4, 0.5) is 0 Å². The molecule has 0 fully saturated rings. The summed E-state index contributed by atoms with van der Waals surface area (Å²) in [5.74, 6) is 1.33. The zero-order valence-corrected chi connectivity index (χ0v) is 15.3. The van der Waals surface area contributed by atoms with E-state index in [-0.39, 0.29) is 0 Å². The van der Waals surface area contributed by atoms with Crippen molar-refractivity contribution in [1.29, 1.82) is 0 Å². The average molecular weight is 327 g/mol. The highest BCUT2D eigenvalue weighted by molar-refractivity contribution is 6.06. The van der Waals surface area contributed by atoms with E-state index >= 15 is 0 Å². The predicted octanol–water partition coefficient (Wildman–Crippen LogP) is 5.59. The second kappa shape index (κ2) is 6.00. The topological polar surface area (TPSA) is 11.3 Å². The van der Waals surface area contributed by atoms with Gasteiger partial charge in [0.15, 0.2) is 0 Å². The second-order valence-electron chi connectivity index (χ2n) is 6.91. The average Bonchev–Trinajstić information content (AvgIpc) is 2.63. The third kappa shape index (κ3) is 2.42. The maximum atomic E-state index is 5.46. The minimum Gasteiger partial charge on any atom is -0.258 e. The number of fused-ring (bicyclic) bond motifs is 2. The maximum absolute atomic E-state index is 5.46. The highest BCUT2D eigenvalue weighted by atomic mass is 16.4. The maximum Gasteiger partial charge on any atom is 0.343 e. The summed E-state index contributed by atoms with van der Waals surface area (Å²) in [7, 11) is 1.73. The number of carbonyl (C=O) groups excluding carboxylic acids is 1. The molecule has 2 aliphatic carbocycles. The van der Waals surface area contributed by atoms with Crippen molar-refractivity contribution in [3.63, 3.8) is 0 Å². The van der Waals surface area contributed by atoms with Gasteiger partial charge in [0.1, 0.15) is 0 Å². The molecule has 0 aromatic heterocycles. The molecule has 0 saturated carbocycles. The van der Waals surface area contributed by atoms with Gasteiger partial charge in [0.2, 0.25) is 0 Å². The number of hydrogen-bond donors (Lipinski definition) is 0. The molecule has 4 rings (SSSR count). The zero-order valence-electron chi connectivity index (χ0n) is 15.3. The summed E-state index contributed by atoms with van der Waals surface area (Å²) in [5, 5.41) is 0. The van der Waals surface area contributed by atoms with Crippen LogP contribution in [0.5, 0.6) is 0 Å². The lowest BCUT2D eigenvalue weighted by Gasteiger charge is -2.31. The first-order valence-corrected chi connectivity index (χ1v) is 8.83. The Labute approximate surface area is 149 Å². The number of allylic oxidation sites excluding steroid dienone is 5. The van der Waals surface area contributed by atoms with E-state index in [4.69, 9.17) is 4.42 Å². The van der Waals surface area contributed by atoms with E-state index in [0.717, 1.165) is 5.78 Å². The summed E-state index contributed by atoms with van der Waals surface area (Å²) in [6, 6.07) is 17.7. The highest BCUT2D eigenvalue weighted by Gasteiger charge is 2.29. The van der Waals surface area contributed by atoms with Crippen LogP contribution in [-0.2, 0) is 4.42 Å². The Morgan fingerprint density at radius 3 is 1.68 bits per heavy atom. The molecule has 0 bridgehead atoms. The smallest absolute Gasteiger partial charge is 0.258 e. The van der Waals surface area contributed by atoms with Gasteiger partial charge in [0, 0.05) is 18.1 Å². The van der Waals surface area contributed by atoms with Gasteiger partial charge >= 0.3 is 5.78 Å². The van der Waals surface area contributed by atoms with Gasteiger partial charge < -0.3 is 0 Å². The van der Waals surface area contributed by atoms with E-state index in [0.29, 0.717) is 5.92 Å². The standard InChI is InChI=1S/C24H23O/c1-15-13-18(25-4)14-16(2)23(15)24-21-11-7-5-9-19(21)17(3)20-10-6-8-12-22(20)24/h5-14,17H,1-4H3/q+1. The molecule has 0 N–H and O–H groups in total. The number of ketones is 1. The van der Waals surface area contributed by atoms with Crippen LogP contribution in [0.3, 0.4) is 0 Å². The van der Waals surface area contributed by atoms with Crippen molar-refractivity contribution >= 4 is 11.4 Å². The van der Waals surface area contributed by atoms with E-state index in [1.165, 1.54) is 44.5 Å². The van der Waals surface area contributed by atoms with E-state index in [2.05, 4.69) is 81.5 Å². The fraction of sp³-hybridized carbons (Fsp3) is 0.208. The van der Waals surface area contributed by atoms with Crippen molar-refractivity contribution in [2.75, 3.05) is 7.11 Å². The fourth-order valence-corrected chi connectivity index (χ4v) is 4.22. The third-order valence-electron chi connectivity index (χ3n) is 5.39. The Morgan fingerprint density at radius 1 is 0.720 bits per heavy atom. The van der Waals surface area contributed by atoms with Crippen LogP contribution >= 0.6 is 0 Å². The summed E-state index contributed by atoms with van der Waals surface area (Å²) in [4.78, 5) is 0. The normalized spacial score (nSPS) is 19.0. The lowest BCUT2D eigenvalue weighted by Crippen LogP contribution is -2.14. The molecule has 0 radical (unpaired) electrons. The first kappa shape index (κ1) is 15.8. The van der Waals surface area contributed by atoms with Gasteiger partial charge in [0.05, 0.1) is 0 Å². The van der Waals surface area contributed by atoms with Crippen LogP contribution in [0.15, 0.2) is 77.4 Å². The molecular weight excluding hydrogens is 304 g/mol. The molecule has 124 valence electrons. The van der Waals surface area contributed by atoms with Crippen molar-refractivity contribution in [3.8, 4) is 0 Å². The van der Waals surface area contributed by atoms with Gasteiger partial charge in [-0.1, -0.05) is 55.5 Å². The molecule has 0 atom stereocenters. The Kier molecular flexibility index (Phi) is 3.80. The number of rotatable bonds is 0. The largest absolute Gasteiger partial charge is 0.343 e. The van der Waals surface area contributed by atoms with Crippen LogP contribution in [0.1, 0.15) is 48.9 Å². The van der Waals surface area contributed by atoms with Crippen LogP contribution in [-0.4, -0.2) is 12.9 Å². The first-order valence-electron chi connectivity index (χ1n) is 8.83. The van der Waals surface area contributed by atoms with Crippen LogP contribution < -0.4 is 0 Å². The monoisotopic (exact) mass is 327 g/mol.